The highest BCUT2D eigenvalue weighted by atomic mass is 35.5. The Labute approximate surface area is 162 Å². The number of hydrogen-bond acceptors (Lipinski definition) is 3. The van der Waals surface area contributed by atoms with E-state index >= 15 is 0 Å². The molecule has 2 N–H and O–H groups in total. The summed E-state index contributed by atoms with van der Waals surface area (Å²) >= 11 is 12.1. The molecule has 1 aliphatic rings. The smallest absolute Gasteiger partial charge is 0.255 e. The van der Waals surface area contributed by atoms with Gasteiger partial charge in [-0.25, -0.2) is 0 Å². The van der Waals surface area contributed by atoms with Crippen LogP contribution in [0, 0.1) is 0 Å². The van der Waals surface area contributed by atoms with Crippen molar-refractivity contribution in [2.75, 3.05) is 31.9 Å². The van der Waals surface area contributed by atoms with Gasteiger partial charge in [0.25, 0.3) is 5.91 Å². The first-order chi connectivity index (χ1) is 12.5. The fourth-order valence-electron chi connectivity index (χ4n) is 2.92. The lowest BCUT2D eigenvalue weighted by Gasteiger charge is -2.35. The average Bonchev–Trinajstić information content (AvgIpc) is 2.65. The fraction of sp³-hybridized carbons (Fsp3) is 0.263. The van der Waals surface area contributed by atoms with E-state index in [-0.39, 0.29) is 16.8 Å². The largest absolute Gasteiger partial charge is 0.399 e. The van der Waals surface area contributed by atoms with Crippen molar-refractivity contribution in [1.29, 1.82) is 0 Å². The van der Waals surface area contributed by atoms with E-state index in [1.165, 1.54) is 0 Å². The molecule has 26 heavy (non-hydrogen) atoms. The number of benzene rings is 2. The zero-order valence-electron chi connectivity index (χ0n) is 14.1. The molecule has 0 bridgehead atoms. The van der Waals surface area contributed by atoms with Crippen LogP contribution in [0.4, 0.5) is 5.69 Å². The Kier molecular flexibility index (Phi) is 5.69. The molecule has 0 radical (unpaired) electrons. The molecule has 0 aromatic heterocycles. The monoisotopic (exact) mass is 391 g/mol. The van der Waals surface area contributed by atoms with Gasteiger partial charge in [0, 0.05) is 31.9 Å². The third-order valence-corrected chi connectivity index (χ3v) is 5.26. The molecule has 5 nitrogen and oxygen atoms in total. The Bertz CT molecular complexity index is 816. The maximum atomic E-state index is 12.6. The van der Waals surface area contributed by atoms with Gasteiger partial charge in [-0.1, -0.05) is 41.4 Å². The maximum absolute atomic E-state index is 12.6. The second-order valence-electron chi connectivity index (χ2n) is 6.19. The van der Waals surface area contributed by atoms with Gasteiger partial charge in [-0.15, -0.1) is 0 Å². The number of carbonyl (C=O) groups is 2. The van der Waals surface area contributed by atoms with Crippen molar-refractivity contribution in [3.05, 3.63) is 63.6 Å². The summed E-state index contributed by atoms with van der Waals surface area (Å²) < 4.78 is 0. The van der Waals surface area contributed by atoms with Gasteiger partial charge in [0.2, 0.25) is 5.91 Å². The molecule has 1 fully saturated rings. The van der Waals surface area contributed by atoms with Crippen LogP contribution in [0.1, 0.15) is 15.9 Å². The lowest BCUT2D eigenvalue weighted by Crippen LogP contribution is -2.51. The van der Waals surface area contributed by atoms with E-state index in [1.54, 1.807) is 40.1 Å². The molecule has 1 aliphatic heterocycles. The van der Waals surface area contributed by atoms with E-state index < -0.39 is 0 Å². The van der Waals surface area contributed by atoms with Crippen molar-refractivity contribution in [3.63, 3.8) is 0 Å². The van der Waals surface area contributed by atoms with Gasteiger partial charge in [-0.3, -0.25) is 9.59 Å². The van der Waals surface area contributed by atoms with Crippen LogP contribution in [0.5, 0.6) is 0 Å². The Morgan fingerprint density at radius 2 is 1.54 bits per heavy atom. The second kappa shape index (κ2) is 7.98. The molecule has 0 unspecified atom stereocenters. The van der Waals surface area contributed by atoms with E-state index in [2.05, 4.69) is 0 Å². The number of nitrogens with zero attached hydrogens (tertiary/aromatic N) is 2. The maximum Gasteiger partial charge on any atom is 0.255 e. The van der Waals surface area contributed by atoms with Crippen LogP contribution in [0.3, 0.4) is 0 Å². The Balaban J connectivity index is 1.58. The molecule has 2 aromatic carbocycles. The number of nitrogens with two attached hydrogens (primary N) is 1. The lowest BCUT2D eigenvalue weighted by atomic mass is 10.1. The Morgan fingerprint density at radius 3 is 2.19 bits per heavy atom. The van der Waals surface area contributed by atoms with Crippen LogP contribution < -0.4 is 5.73 Å². The number of carbonyl (C=O) groups excluding carboxylic acids is 2. The summed E-state index contributed by atoms with van der Waals surface area (Å²) in [5.74, 6) is -0.120. The van der Waals surface area contributed by atoms with E-state index in [0.717, 1.165) is 5.56 Å². The van der Waals surface area contributed by atoms with Crippen LogP contribution in [0.2, 0.25) is 10.0 Å². The van der Waals surface area contributed by atoms with Crippen LogP contribution in [0.25, 0.3) is 0 Å². The second-order valence-corrected chi connectivity index (χ2v) is 6.98. The highest BCUT2D eigenvalue weighted by molar-refractivity contribution is 6.43. The molecule has 0 atom stereocenters. The van der Waals surface area contributed by atoms with E-state index in [1.807, 2.05) is 12.1 Å². The number of amides is 2. The predicted octanol–water partition coefficient (Wildman–Crippen LogP) is 3.10. The number of rotatable bonds is 3. The molecule has 0 spiro atoms. The van der Waals surface area contributed by atoms with Crippen LogP contribution >= 0.6 is 23.2 Å². The summed E-state index contributed by atoms with van der Waals surface area (Å²) in [4.78, 5) is 28.6. The molecule has 2 aromatic rings. The molecule has 7 heteroatoms. The molecule has 0 aliphatic carbocycles. The van der Waals surface area contributed by atoms with Crippen LogP contribution in [-0.4, -0.2) is 47.8 Å². The van der Waals surface area contributed by atoms with E-state index in [9.17, 15) is 9.59 Å². The number of anilines is 1. The molecule has 136 valence electrons. The minimum atomic E-state index is -0.164. The normalized spacial score (nSPS) is 14.4. The molecule has 0 saturated carbocycles. The Morgan fingerprint density at radius 1 is 0.923 bits per heavy atom. The molecular weight excluding hydrogens is 373 g/mol. The van der Waals surface area contributed by atoms with Crippen LogP contribution in [0.15, 0.2) is 42.5 Å². The topological polar surface area (TPSA) is 66.6 Å². The molecule has 2 amide bonds. The fourth-order valence-corrected chi connectivity index (χ4v) is 3.30. The van der Waals surface area contributed by atoms with Gasteiger partial charge in [0.15, 0.2) is 0 Å². The summed E-state index contributed by atoms with van der Waals surface area (Å²) in [6.07, 6.45) is 0.328. The molecule has 1 saturated heterocycles. The van der Waals surface area contributed by atoms with Crippen molar-refractivity contribution in [1.82, 2.24) is 9.80 Å². The summed E-state index contributed by atoms with van der Waals surface area (Å²) in [5, 5.41) is 0.621. The van der Waals surface area contributed by atoms with Crippen molar-refractivity contribution in [3.8, 4) is 0 Å². The van der Waals surface area contributed by atoms with E-state index in [4.69, 9.17) is 28.9 Å². The zero-order chi connectivity index (χ0) is 18.7. The quantitative estimate of drug-likeness (QED) is 0.817. The third kappa shape index (κ3) is 4.11. The first-order valence-corrected chi connectivity index (χ1v) is 9.07. The number of halogens is 2. The van der Waals surface area contributed by atoms with Gasteiger partial charge in [0.05, 0.1) is 22.0 Å². The summed E-state index contributed by atoms with van der Waals surface area (Å²) in [6.45, 7) is 1.93. The highest BCUT2D eigenvalue weighted by Gasteiger charge is 2.26. The first-order valence-electron chi connectivity index (χ1n) is 8.31. The minimum absolute atomic E-state index is 0.0441. The predicted molar refractivity (Wildman–Crippen MR) is 104 cm³/mol. The summed E-state index contributed by atoms with van der Waals surface area (Å²) in [6, 6.07) is 12.3. The number of nitrogen functional groups attached to an aromatic ring is 1. The van der Waals surface area contributed by atoms with Crippen LogP contribution in [-0.2, 0) is 11.2 Å². The van der Waals surface area contributed by atoms with Crippen molar-refractivity contribution < 1.29 is 9.59 Å². The minimum Gasteiger partial charge on any atom is -0.399 e. The average molecular weight is 392 g/mol. The highest BCUT2D eigenvalue weighted by Crippen LogP contribution is 2.26. The third-order valence-electron chi connectivity index (χ3n) is 4.44. The van der Waals surface area contributed by atoms with E-state index in [0.29, 0.717) is 48.9 Å². The van der Waals surface area contributed by atoms with Gasteiger partial charge in [0.1, 0.15) is 0 Å². The van der Waals surface area contributed by atoms with Crippen molar-refractivity contribution in [2.45, 2.75) is 6.42 Å². The van der Waals surface area contributed by atoms with Gasteiger partial charge >= 0.3 is 0 Å². The summed E-state index contributed by atoms with van der Waals surface area (Å²) in [5.41, 5.74) is 7.65. The van der Waals surface area contributed by atoms with Gasteiger partial charge in [-0.2, -0.15) is 0 Å². The molecular formula is C19H19Cl2N3O2. The van der Waals surface area contributed by atoms with Crippen molar-refractivity contribution >= 4 is 40.7 Å². The Hall–Kier alpha value is -2.24. The van der Waals surface area contributed by atoms with Crippen molar-refractivity contribution in [2.24, 2.45) is 0 Å². The zero-order valence-corrected chi connectivity index (χ0v) is 15.6. The standard InChI is InChI=1S/C19H19Cl2N3O2/c20-16-3-1-2-15(18(16)21)19(26)24-10-8-23(9-11-24)17(25)12-13-4-6-14(22)7-5-13/h1-7H,8-12,22H2. The number of hydrogen-bond donors (Lipinski definition) is 1. The first kappa shape index (κ1) is 18.5. The van der Waals surface area contributed by atoms with Gasteiger partial charge in [-0.05, 0) is 29.8 Å². The molecule has 3 rings (SSSR count). The lowest BCUT2D eigenvalue weighted by molar-refractivity contribution is -0.131. The molecule has 1 heterocycles. The number of piperazine rings is 1. The SMILES string of the molecule is Nc1ccc(CC(=O)N2CCN(C(=O)c3cccc(Cl)c3Cl)CC2)cc1. The summed E-state index contributed by atoms with van der Waals surface area (Å²) in [7, 11) is 0. The van der Waals surface area contributed by atoms with Gasteiger partial charge < -0.3 is 15.5 Å².